The molecule has 0 unspecified atom stereocenters. The molecule has 1 aromatic rings. The van der Waals surface area contributed by atoms with Gasteiger partial charge >= 0.3 is 42.6 Å². The summed E-state index contributed by atoms with van der Waals surface area (Å²) in [6, 6.07) is 10.0. The Morgan fingerprint density at radius 3 is 1.08 bits per heavy atom. The van der Waals surface area contributed by atoms with Gasteiger partial charge in [-0.05, 0) is 0 Å². The van der Waals surface area contributed by atoms with Crippen molar-refractivity contribution in [2.75, 3.05) is 0 Å². The first-order valence-corrected chi connectivity index (χ1v) is 8.68. The Balaban J connectivity index is -0.0000000256. The van der Waals surface area contributed by atoms with Gasteiger partial charge < -0.3 is 29.7 Å². The van der Waals surface area contributed by atoms with Crippen molar-refractivity contribution in [2.24, 2.45) is 0 Å². The van der Waals surface area contributed by atoms with Crippen molar-refractivity contribution < 1.29 is 14.7 Å². The summed E-state index contributed by atoms with van der Waals surface area (Å²) in [6.45, 7) is 0. The maximum absolute atomic E-state index is 4.97. The van der Waals surface area contributed by atoms with Crippen LogP contribution in [0.2, 0.25) is 0 Å². The van der Waals surface area contributed by atoms with E-state index in [1.165, 1.54) is 0 Å². The topological polar surface area (TPSA) is 0 Å². The molecule has 83 valence electrons. The number of hydrogen-bond acceptors (Lipinski definition) is 0. The van der Waals surface area contributed by atoms with Crippen molar-refractivity contribution in [2.45, 2.75) is 0 Å². The molecule has 0 heterocycles. The van der Waals surface area contributed by atoms with Crippen molar-refractivity contribution >= 4 is 27.9 Å². The molecule has 0 bridgehead atoms. The average Bonchev–Trinajstić information content (AvgIpc) is 2.11. The summed E-state index contributed by atoms with van der Waals surface area (Å²) in [7, 11) is 14.9. The molecule has 1 rings (SSSR count). The van der Waals surface area contributed by atoms with Crippen LogP contribution in [0.25, 0.3) is 0 Å². The quantitative estimate of drug-likeness (QED) is 0.448. The molecule has 0 saturated heterocycles. The predicted molar refractivity (Wildman–Crippen MR) is 65.3 cm³/mol. The van der Waals surface area contributed by atoms with Gasteiger partial charge in [-0.25, -0.2) is 12.1 Å². The van der Waals surface area contributed by atoms with Crippen LogP contribution in [0, 0.1) is 29.7 Å². The van der Waals surface area contributed by atoms with E-state index in [1.54, 1.807) is 0 Å². The Kier molecular flexibility index (Phi) is 51.8. The van der Waals surface area contributed by atoms with Crippen LogP contribution in [-0.4, -0.2) is 0 Å². The number of hydrogen-bond donors (Lipinski definition) is 0. The van der Waals surface area contributed by atoms with Gasteiger partial charge in [0, 0.05) is 0 Å². The van der Waals surface area contributed by atoms with E-state index in [0.717, 1.165) is 0 Å². The Morgan fingerprint density at radius 2 is 1.00 bits per heavy atom. The van der Waals surface area contributed by atoms with Gasteiger partial charge in [0.15, 0.2) is 0 Å². The minimum atomic E-state index is -1.92. The molecule has 0 spiro atoms. The first kappa shape index (κ1) is 29.2. The molecule has 0 aromatic heterocycles. The fourth-order valence-electron chi connectivity index (χ4n) is 0.321. The fraction of sp³-hybridized carbons (Fsp3) is 0. The van der Waals surface area contributed by atoms with E-state index in [-0.39, 0.29) is 29.7 Å². The third-order valence-electron chi connectivity index (χ3n) is 0.556. The van der Waals surface area contributed by atoms with Crippen molar-refractivity contribution in [3.8, 4) is 0 Å². The second-order valence-corrected chi connectivity index (χ2v) is 8.91. The molecule has 0 atom stereocenters. The molecule has 0 amide bonds. The van der Waals surface area contributed by atoms with E-state index in [0.29, 0.717) is 0 Å². The maximum Gasteiger partial charge on any atom is -0.172 e. The Bertz CT molecular complexity index is 98.4. The predicted octanol–water partition coefficient (Wildman–Crippen LogP) is 5.27. The van der Waals surface area contributed by atoms with E-state index in [4.69, 9.17) is 27.9 Å². The van der Waals surface area contributed by atoms with Crippen LogP contribution < -0.4 is 0 Å². The van der Waals surface area contributed by atoms with E-state index in [9.17, 15) is 0 Å². The molecule has 0 radical (unpaired) electrons. The molecule has 1 aromatic carbocycles. The zero-order valence-electron chi connectivity index (χ0n) is 8.52. The number of rotatable bonds is 0. The molecular formula is C9H17Cl3Ti-5. The summed E-state index contributed by atoms with van der Waals surface area (Å²) in [5.41, 5.74) is 0. The molecule has 13 heavy (non-hydrogen) atoms. The molecular weight excluding hydrogens is 262 g/mol. The van der Waals surface area contributed by atoms with Crippen LogP contribution >= 0.6 is 27.9 Å². The second kappa shape index (κ2) is 23.1. The molecule has 0 aliphatic carbocycles. The minimum Gasteiger partial charge on any atom is -0.214 e. The smallest absolute Gasteiger partial charge is 0.172 e. The zero-order valence-corrected chi connectivity index (χ0v) is 12.3. The third-order valence-corrected chi connectivity index (χ3v) is 0.556. The molecule has 0 saturated carbocycles. The summed E-state index contributed by atoms with van der Waals surface area (Å²) in [4.78, 5) is 0. The van der Waals surface area contributed by atoms with E-state index < -0.39 is 14.7 Å². The van der Waals surface area contributed by atoms with Gasteiger partial charge in [-0.15, -0.1) is 0 Å². The van der Waals surface area contributed by atoms with E-state index in [2.05, 4.69) is 0 Å². The van der Waals surface area contributed by atoms with Gasteiger partial charge in [-0.2, -0.15) is 18.2 Å². The normalized spacial score (nSPS) is 5.15. The summed E-state index contributed by atoms with van der Waals surface area (Å²) >= 11 is -1.92. The van der Waals surface area contributed by atoms with Gasteiger partial charge in [0.2, 0.25) is 0 Å². The summed E-state index contributed by atoms with van der Waals surface area (Å²) in [5, 5.41) is 0. The van der Waals surface area contributed by atoms with Crippen molar-refractivity contribution in [1.82, 2.24) is 0 Å². The molecule has 0 aliphatic rings. The van der Waals surface area contributed by atoms with Crippen LogP contribution in [0.15, 0.2) is 30.3 Å². The van der Waals surface area contributed by atoms with Gasteiger partial charge in [0.25, 0.3) is 0 Å². The summed E-state index contributed by atoms with van der Waals surface area (Å²) in [6.07, 6.45) is 0. The SMILES string of the molecule is [CH3-].[CH3-].[CH3-].[CH3-].[Cl][Ti]([Cl])[Cl].c1cc[cH-]c1. The third kappa shape index (κ3) is 43.9. The monoisotopic (exact) mass is 278 g/mol. The van der Waals surface area contributed by atoms with Crippen molar-refractivity contribution in [1.29, 1.82) is 0 Å². The van der Waals surface area contributed by atoms with E-state index in [1.807, 2.05) is 30.3 Å². The van der Waals surface area contributed by atoms with Gasteiger partial charge in [-0.1, -0.05) is 0 Å². The largest absolute Gasteiger partial charge is 0.214 e. The van der Waals surface area contributed by atoms with Gasteiger partial charge in [-0.3, -0.25) is 0 Å². The fourth-order valence-corrected chi connectivity index (χ4v) is 0.321. The van der Waals surface area contributed by atoms with Gasteiger partial charge in [0.1, 0.15) is 0 Å². The standard InChI is InChI=1S/C5H5.4CH3.3ClH.Ti/c1-2-4-5-3-1;;;;;;;;/h1-5H;4*1H3;3*1H;/q5*-1;;;;+3/p-3. The Labute approximate surface area is 102 Å². The van der Waals surface area contributed by atoms with Crippen molar-refractivity contribution in [3.63, 3.8) is 0 Å². The van der Waals surface area contributed by atoms with Crippen LogP contribution in [0.5, 0.6) is 0 Å². The van der Waals surface area contributed by atoms with Crippen molar-refractivity contribution in [3.05, 3.63) is 60.0 Å². The average molecular weight is 279 g/mol. The number of halogens is 3. The van der Waals surface area contributed by atoms with Crippen LogP contribution in [0.4, 0.5) is 0 Å². The van der Waals surface area contributed by atoms with E-state index >= 15 is 0 Å². The summed E-state index contributed by atoms with van der Waals surface area (Å²) in [5.74, 6) is 0. The van der Waals surface area contributed by atoms with Gasteiger partial charge in [0.05, 0.1) is 0 Å². The molecule has 4 heteroatoms. The second-order valence-electron chi connectivity index (χ2n) is 1.18. The summed E-state index contributed by atoms with van der Waals surface area (Å²) < 4.78 is 0. The molecule has 0 N–H and O–H groups in total. The first-order chi connectivity index (χ1) is 4.23. The van der Waals surface area contributed by atoms with Crippen LogP contribution in [-0.2, 0) is 14.7 Å². The Hall–Kier alpha value is 0.934. The zero-order chi connectivity index (χ0) is 7.11. The molecule has 0 aliphatic heterocycles. The first-order valence-electron chi connectivity index (χ1n) is 2.23. The molecule has 0 fully saturated rings. The molecule has 0 nitrogen and oxygen atoms in total. The Morgan fingerprint density at radius 1 is 0.769 bits per heavy atom. The van der Waals surface area contributed by atoms with Crippen LogP contribution in [0.1, 0.15) is 0 Å². The minimum absolute atomic E-state index is 0. The van der Waals surface area contributed by atoms with Crippen LogP contribution in [0.3, 0.4) is 0 Å². The maximum atomic E-state index is 4.97.